The van der Waals surface area contributed by atoms with E-state index in [2.05, 4.69) is 15.4 Å². The third kappa shape index (κ3) is 8.83. The van der Waals surface area contributed by atoms with E-state index in [-0.39, 0.29) is 18.9 Å². The van der Waals surface area contributed by atoms with E-state index in [4.69, 9.17) is 0 Å². The van der Waals surface area contributed by atoms with Crippen molar-refractivity contribution in [3.63, 3.8) is 0 Å². The van der Waals surface area contributed by atoms with Crippen LogP contribution in [0.1, 0.15) is 25.7 Å². The van der Waals surface area contributed by atoms with Gasteiger partial charge in [0.25, 0.3) is 0 Å². The molecule has 1 unspecified atom stereocenters. The van der Waals surface area contributed by atoms with Crippen LogP contribution in [0.25, 0.3) is 0 Å². The van der Waals surface area contributed by atoms with Crippen molar-refractivity contribution >= 4 is 5.91 Å². The molecule has 4 nitrogen and oxygen atoms in total. The smallest absolute Gasteiger partial charge is 0.372 e. The van der Waals surface area contributed by atoms with Crippen LogP contribution in [0.15, 0.2) is 0 Å². The zero-order chi connectivity index (χ0) is 14.1. The van der Waals surface area contributed by atoms with E-state index in [0.29, 0.717) is 12.5 Å². The molecule has 112 valence electrons. The van der Waals surface area contributed by atoms with E-state index in [9.17, 15) is 18.0 Å². The van der Waals surface area contributed by atoms with Crippen molar-refractivity contribution in [2.75, 3.05) is 32.8 Å². The van der Waals surface area contributed by atoms with Crippen molar-refractivity contribution in [1.29, 1.82) is 0 Å². The average molecular weight is 282 g/mol. The molecule has 1 heterocycles. The lowest BCUT2D eigenvalue weighted by atomic mass is 9.96. The van der Waals surface area contributed by atoms with Gasteiger partial charge in [0.1, 0.15) is 6.61 Å². The average Bonchev–Trinajstić information content (AvgIpc) is 2.35. The molecule has 19 heavy (non-hydrogen) atoms. The monoisotopic (exact) mass is 282 g/mol. The lowest BCUT2D eigenvalue weighted by Crippen LogP contribution is -2.33. The van der Waals surface area contributed by atoms with Crippen molar-refractivity contribution < 1.29 is 22.7 Å². The molecule has 0 radical (unpaired) electrons. The first-order valence-electron chi connectivity index (χ1n) is 6.59. The Morgan fingerprint density at radius 1 is 1.42 bits per heavy atom. The molecule has 1 saturated heterocycles. The van der Waals surface area contributed by atoms with Crippen LogP contribution in [0.5, 0.6) is 0 Å². The molecule has 0 aromatic heterocycles. The second-order valence-corrected chi connectivity index (χ2v) is 4.77. The second-order valence-electron chi connectivity index (χ2n) is 4.77. The summed E-state index contributed by atoms with van der Waals surface area (Å²) < 4.78 is 39.6. The molecule has 0 aliphatic carbocycles. The summed E-state index contributed by atoms with van der Waals surface area (Å²) in [4.78, 5) is 11.3. The lowest BCUT2D eigenvalue weighted by molar-refractivity contribution is -0.174. The normalized spacial score (nSPS) is 20.3. The Morgan fingerprint density at radius 2 is 2.21 bits per heavy atom. The van der Waals surface area contributed by atoms with E-state index < -0.39 is 12.8 Å². The van der Waals surface area contributed by atoms with Gasteiger partial charge in [-0.25, -0.2) is 0 Å². The summed E-state index contributed by atoms with van der Waals surface area (Å²) in [5.41, 5.74) is 0. The maximum absolute atomic E-state index is 11.8. The van der Waals surface area contributed by atoms with E-state index in [0.717, 1.165) is 32.4 Å². The highest BCUT2D eigenvalue weighted by atomic mass is 19.4. The number of hydrogen-bond donors (Lipinski definition) is 2. The molecule has 1 amide bonds. The minimum absolute atomic E-state index is 0.0288. The zero-order valence-corrected chi connectivity index (χ0v) is 10.9. The second kappa shape index (κ2) is 8.37. The first-order chi connectivity index (χ1) is 8.97. The fraction of sp³-hybridized carbons (Fsp3) is 0.917. The molecule has 0 aromatic carbocycles. The maximum atomic E-state index is 11.8. The number of carbonyl (C=O) groups is 1. The third-order valence-electron chi connectivity index (χ3n) is 3.01. The highest BCUT2D eigenvalue weighted by Gasteiger charge is 2.27. The van der Waals surface area contributed by atoms with Crippen LogP contribution >= 0.6 is 0 Å². The molecular formula is C12H21F3N2O2. The fourth-order valence-corrected chi connectivity index (χ4v) is 2.03. The molecule has 0 aromatic rings. The van der Waals surface area contributed by atoms with Crippen LogP contribution in [-0.2, 0) is 9.53 Å². The van der Waals surface area contributed by atoms with Gasteiger partial charge in [-0.05, 0) is 38.3 Å². The van der Waals surface area contributed by atoms with Gasteiger partial charge in [0.05, 0.1) is 6.61 Å². The molecule has 0 bridgehead atoms. The summed E-state index contributed by atoms with van der Waals surface area (Å²) in [6.45, 7) is 1.11. The number of alkyl halides is 3. The third-order valence-corrected chi connectivity index (χ3v) is 3.01. The molecule has 1 rings (SSSR count). The number of nitrogens with one attached hydrogen (secondary N) is 2. The first kappa shape index (κ1) is 16.2. The Balaban J connectivity index is 1.95. The topological polar surface area (TPSA) is 50.4 Å². The molecule has 2 N–H and O–H groups in total. The minimum atomic E-state index is -4.33. The van der Waals surface area contributed by atoms with E-state index in [1.807, 2.05) is 0 Å². The van der Waals surface area contributed by atoms with Crippen LogP contribution in [0.3, 0.4) is 0 Å². The summed E-state index contributed by atoms with van der Waals surface area (Å²) in [7, 11) is 0. The molecule has 1 atom stereocenters. The lowest BCUT2D eigenvalue weighted by Gasteiger charge is -2.22. The fourth-order valence-electron chi connectivity index (χ4n) is 2.03. The van der Waals surface area contributed by atoms with Gasteiger partial charge in [-0.15, -0.1) is 0 Å². The van der Waals surface area contributed by atoms with Crippen LogP contribution in [-0.4, -0.2) is 44.9 Å². The SMILES string of the molecule is O=C(CCOCC(F)(F)F)NCCC1CCCNC1. The van der Waals surface area contributed by atoms with Gasteiger partial charge in [-0.2, -0.15) is 13.2 Å². The van der Waals surface area contributed by atoms with Gasteiger partial charge in [-0.3, -0.25) is 4.79 Å². The van der Waals surface area contributed by atoms with Gasteiger partial charge in [0.15, 0.2) is 0 Å². The van der Waals surface area contributed by atoms with Crippen LogP contribution in [0.4, 0.5) is 13.2 Å². The number of carbonyl (C=O) groups excluding carboxylic acids is 1. The Kier molecular flexibility index (Phi) is 7.15. The quantitative estimate of drug-likeness (QED) is 0.695. The van der Waals surface area contributed by atoms with E-state index in [1.54, 1.807) is 0 Å². The van der Waals surface area contributed by atoms with Gasteiger partial charge in [0.2, 0.25) is 5.91 Å². The Morgan fingerprint density at radius 3 is 2.84 bits per heavy atom. The van der Waals surface area contributed by atoms with E-state index >= 15 is 0 Å². The number of ether oxygens (including phenoxy) is 1. The first-order valence-corrected chi connectivity index (χ1v) is 6.59. The van der Waals surface area contributed by atoms with Crippen LogP contribution < -0.4 is 10.6 Å². The molecule has 7 heteroatoms. The molecule has 0 saturated carbocycles. The molecule has 1 aliphatic heterocycles. The molecular weight excluding hydrogens is 261 g/mol. The van der Waals surface area contributed by atoms with Gasteiger partial charge < -0.3 is 15.4 Å². The number of piperidine rings is 1. The zero-order valence-electron chi connectivity index (χ0n) is 10.9. The largest absolute Gasteiger partial charge is 0.411 e. The molecule has 1 fully saturated rings. The van der Waals surface area contributed by atoms with Crippen molar-refractivity contribution in [2.45, 2.75) is 31.9 Å². The summed E-state index contributed by atoms with van der Waals surface area (Å²) in [6.07, 6.45) is -1.13. The molecule has 0 spiro atoms. The van der Waals surface area contributed by atoms with Gasteiger partial charge >= 0.3 is 6.18 Å². The molecule has 1 aliphatic rings. The standard InChI is InChI=1S/C12H21F3N2O2/c13-12(14,15)9-19-7-4-11(18)17-6-3-10-2-1-5-16-8-10/h10,16H,1-9H2,(H,17,18). The summed E-state index contributed by atoms with van der Waals surface area (Å²) >= 11 is 0. The summed E-state index contributed by atoms with van der Waals surface area (Å²) in [5, 5.41) is 5.99. The Labute approximate surface area is 111 Å². The Hall–Kier alpha value is -0.820. The minimum Gasteiger partial charge on any atom is -0.372 e. The van der Waals surface area contributed by atoms with Gasteiger partial charge in [0, 0.05) is 13.0 Å². The number of rotatable bonds is 7. The van der Waals surface area contributed by atoms with Crippen molar-refractivity contribution in [3.8, 4) is 0 Å². The Bertz CT molecular complexity index is 266. The number of halogens is 3. The highest BCUT2D eigenvalue weighted by Crippen LogP contribution is 2.14. The highest BCUT2D eigenvalue weighted by molar-refractivity contribution is 5.75. The van der Waals surface area contributed by atoms with Crippen molar-refractivity contribution in [1.82, 2.24) is 10.6 Å². The van der Waals surface area contributed by atoms with E-state index in [1.165, 1.54) is 0 Å². The number of hydrogen-bond acceptors (Lipinski definition) is 3. The van der Waals surface area contributed by atoms with Gasteiger partial charge in [-0.1, -0.05) is 0 Å². The van der Waals surface area contributed by atoms with Crippen LogP contribution in [0.2, 0.25) is 0 Å². The predicted molar refractivity (Wildman–Crippen MR) is 64.7 cm³/mol. The summed E-state index contributed by atoms with van der Waals surface area (Å²) in [5.74, 6) is 0.321. The van der Waals surface area contributed by atoms with Crippen molar-refractivity contribution in [2.24, 2.45) is 5.92 Å². The number of amides is 1. The summed E-state index contributed by atoms with van der Waals surface area (Å²) in [6, 6.07) is 0. The van der Waals surface area contributed by atoms with Crippen molar-refractivity contribution in [3.05, 3.63) is 0 Å². The maximum Gasteiger partial charge on any atom is 0.411 e. The predicted octanol–water partition coefficient (Wildman–Crippen LogP) is 1.46. The van der Waals surface area contributed by atoms with Crippen LogP contribution in [0, 0.1) is 5.92 Å².